The number of carbonyl (C=O) groups excluding carboxylic acids is 1. The number of amides is 1. The van der Waals surface area contributed by atoms with Gasteiger partial charge in [-0.05, 0) is 72.8 Å². The first-order chi connectivity index (χ1) is 17.5. The van der Waals surface area contributed by atoms with Crippen molar-refractivity contribution < 1.29 is 4.79 Å². The summed E-state index contributed by atoms with van der Waals surface area (Å²) in [4.78, 5) is 23.6. The lowest BCUT2D eigenvalue weighted by Crippen LogP contribution is -2.13. The highest BCUT2D eigenvalue weighted by Crippen LogP contribution is 2.28. The Balaban J connectivity index is 1.25. The van der Waals surface area contributed by atoms with E-state index < -0.39 is 0 Å². The molecule has 0 aliphatic carbocycles. The van der Waals surface area contributed by atoms with Gasteiger partial charge < -0.3 is 20.9 Å². The zero-order valence-electron chi connectivity index (χ0n) is 20.1. The van der Waals surface area contributed by atoms with E-state index in [1.807, 2.05) is 93.0 Å². The fourth-order valence-corrected chi connectivity index (χ4v) is 3.80. The molecule has 1 amide bonds. The van der Waals surface area contributed by atoms with Crippen LogP contribution in [0.2, 0.25) is 0 Å². The molecular formula is C29H26N6O. The molecule has 0 saturated carbocycles. The van der Waals surface area contributed by atoms with Crippen molar-refractivity contribution >= 4 is 50.9 Å². The number of anilines is 6. The van der Waals surface area contributed by atoms with E-state index in [4.69, 9.17) is 0 Å². The number of aromatic nitrogens is 2. The second-order valence-electron chi connectivity index (χ2n) is 8.53. The molecule has 5 rings (SSSR count). The Morgan fingerprint density at radius 1 is 0.722 bits per heavy atom. The average molecular weight is 475 g/mol. The van der Waals surface area contributed by atoms with Crippen molar-refractivity contribution in [2.75, 3.05) is 34.9 Å². The van der Waals surface area contributed by atoms with Crippen molar-refractivity contribution in [3.8, 4) is 0 Å². The zero-order valence-corrected chi connectivity index (χ0v) is 20.1. The van der Waals surface area contributed by atoms with Crippen LogP contribution >= 0.6 is 0 Å². The molecule has 0 bridgehead atoms. The van der Waals surface area contributed by atoms with Crippen LogP contribution in [0.1, 0.15) is 10.5 Å². The maximum Gasteiger partial charge on any atom is 0.274 e. The molecule has 2 aromatic heterocycles. The molecule has 0 radical (unpaired) electrons. The van der Waals surface area contributed by atoms with Gasteiger partial charge in [0.25, 0.3) is 5.91 Å². The maximum absolute atomic E-state index is 12.7. The van der Waals surface area contributed by atoms with Gasteiger partial charge in [0.05, 0.1) is 17.4 Å². The second-order valence-corrected chi connectivity index (χ2v) is 8.53. The molecule has 7 heteroatoms. The van der Waals surface area contributed by atoms with Gasteiger partial charge in [0, 0.05) is 54.1 Å². The van der Waals surface area contributed by atoms with E-state index in [-0.39, 0.29) is 5.91 Å². The number of carbonyl (C=O) groups is 1. The van der Waals surface area contributed by atoms with Crippen LogP contribution in [0.25, 0.3) is 10.9 Å². The van der Waals surface area contributed by atoms with Crippen molar-refractivity contribution in [3.05, 3.63) is 109 Å². The van der Waals surface area contributed by atoms with Crippen LogP contribution in [0, 0.1) is 0 Å². The first kappa shape index (κ1) is 22.9. The first-order valence-electron chi connectivity index (χ1n) is 11.6. The van der Waals surface area contributed by atoms with Gasteiger partial charge in [-0.2, -0.15) is 0 Å². The van der Waals surface area contributed by atoms with Crippen LogP contribution in [0.4, 0.5) is 34.1 Å². The highest BCUT2D eigenvalue weighted by atomic mass is 16.1. The summed E-state index contributed by atoms with van der Waals surface area (Å²) in [5.74, 6) is -0.268. The third-order valence-corrected chi connectivity index (χ3v) is 5.72. The smallest absolute Gasteiger partial charge is 0.274 e. The van der Waals surface area contributed by atoms with E-state index in [0.29, 0.717) is 11.4 Å². The lowest BCUT2D eigenvalue weighted by molar-refractivity contribution is 0.102. The molecule has 178 valence electrons. The fraction of sp³-hybridized carbons (Fsp3) is 0.0690. The summed E-state index contributed by atoms with van der Waals surface area (Å²) in [5, 5.41) is 10.6. The van der Waals surface area contributed by atoms with Crippen LogP contribution in [-0.2, 0) is 0 Å². The van der Waals surface area contributed by atoms with Gasteiger partial charge in [-0.25, -0.2) is 4.98 Å². The van der Waals surface area contributed by atoms with Crippen LogP contribution in [0.5, 0.6) is 0 Å². The van der Waals surface area contributed by atoms with Gasteiger partial charge in [-0.1, -0.05) is 18.2 Å². The van der Waals surface area contributed by atoms with Gasteiger partial charge in [0.1, 0.15) is 5.69 Å². The fourth-order valence-electron chi connectivity index (χ4n) is 3.80. The number of rotatable bonds is 7. The summed E-state index contributed by atoms with van der Waals surface area (Å²) in [5.41, 5.74) is 6.67. The maximum atomic E-state index is 12.7. The zero-order chi connectivity index (χ0) is 24.9. The van der Waals surface area contributed by atoms with Crippen molar-refractivity contribution in [2.24, 2.45) is 0 Å². The Kier molecular flexibility index (Phi) is 6.44. The van der Waals surface area contributed by atoms with Crippen LogP contribution in [-0.4, -0.2) is 30.0 Å². The molecule has 0 saturated heterocycles. The summed E-state index contributed by atoms with van der Waals surface area (Å²) in [6.07, 6.45) is 3.43. The normalized spacial score (nSPS) is 10.6. The largest absolute Gasteiger partial charge is 0.378 e. The summed E-state index contributed by atoms with van der Waals surface area (Å²) < 4.78 is 0. The highest BCUT2D eigenvalue weighted by Gasteiger charge is 2.09. The highest BCUT2D eigenvalue weighted by molar-refractivity contribution is 6.03. The first-order valence-corrected chi connectivity index (χ1v) is 11.6. The average Bonchev–Trinajstić information content (AvgIpc) is 2.91. The minimum atomic E-state index is -0.268. The van der Waals surface area contributed by atoms with Crippen LogP contribution < -0.4 is 20.9 Å². The van der Waals surface area contributed by atoms with E-state index in [0.717, 1.165) is 39.3 Å². The van der Waals surface area contributed by atoms with Gasteiger partial charge in [-0.15, -0.1) is 0 Å². The molecule has 0 spiro atoms. The van der Waals surface area contributed by atoms with Crippen molar-refractivity contribution in [2.45, 2.75) is 0 Å². The molecule has 3 N–H and O–H groups in total. The number of nitrogens with one attached hydrogen (secondary N) is 3. The number of hydrogen-bond acceptors (Lipinski definition) is 6. The number of hydrogen-bond donors (Lipinski definition) is 3. The Bertz CT molecular complexity index is 1480. The molecule has 0 aliphatic rings. The predicted molar refractivity (Wildman–Crippen MR) is 148 cm³/mol. The lowest BCUT2D eigenvalue weighted by Gasteiger charge is -2.15. The number of pyridine rings is 2. The van der Waals surface area contributed by atoms with E-state index in [9.17, 15) is 4.79 Å². The third kappa shape index (κ3) is 5.26. The predicted octanol–water partition coefficient (Wildman–Crippen LogP) is 6.44. The summed E-state index contributed by atoms with van der Waals surface area (Å²) >= 11 is 0. The molecule has 0 atom stereocenters. The molecule has 0 unspecified atom stereocenters. The monoisotopic (exact) mass is 474 g/mol. The van der Waals surface area contributed by atoms with E-state index in [1.165, 1.54) is 0 Å². The Hall–Kier alpha value is -4.91. The molecule has 2 heterocycles. The Labute approximate surface area is 209 Å². The van der Waals surface area contributed by atoms with Gasteiger partial charge in [0.2, 0.25) is 0 Å². The number of benzene rings is 3. The molecule has 3 aromatic carbocycles. The molecule has 7 nitrogen and oxygen atoms in total. The van der Waals surface area contributed by atoms with E-state index in [1.54, 1.807) is 18.5 Å². The van der Waals surface area contributed by atoms with Gasteiger partial charge in [-0.3, -0.25) is 9.78 Å². The molecule has 36 heavy (non-hydrogen) atoms. The van der Waals surface area contributed by atoms with Crippen molar-refractivity contribution in [1.82, 2.24) is 9.97 Å². The minimum absolute atomic E-state index is 0.268. The third-order valence-electron chi connectivity index (χ3n) is 5.72. The Morgan fingerprint density at radius 2 is 1.44 bits per heavy atom. The molecule has 0 fully saturated rings. The second kappa shape index (κ2) is 10.1. The topological polar surface area (TPSA) is 82.2 Å². The van der Waals surface area contributed by atoms with Crippen molar-refractivity contribution in [3.63, 3.8) is 0 Å². The van der Waals surface area contributed by atoms with Gasteiger partial charge >= 0.3 is 0 Å². The molecule has 5 aromatic rings. The van der Waals surface area contributed by atoms with Crippen LogP contribution in [0.15, 0.2) is 103 Å². The number of nitrogens with zero attached hydrogens (tertiary/aromatic N) is 3. The SMILES string of the molecule is CN(C)c1ccc2nccc(Nc3ccc(C(=O)Nc4ccc(Nc5ccccc5)cc4)nc3)c2c1. The van der Waals surface area contributed by atoms with Gasteiger partial charge in [0.15, 0.2) is 0 Å². The van der Waals surface area contributed by atoms with E-state index >= 15 is 0 Å². The minimum Gasteiger partial charge on any atom is -0.378 e. The van der Waals surface area contributed by atoms with Crippen LogP contribution in [0.3, 0.4) is 0 Å². The number of para-hydroxylation sites is 1. The molecule has 0 aliphatic heterocycles. The summed E-state index contributed by atoms with van der Waals surface area (Å²) in [6.45, 7) is 0. The molecular weight excluding hydrogens is 448 g/mol. The van der Waals surface area contributed by atoms with E-state index in [2.05, 4.69) is 36.9 Å². The quantitative estimate of drug-likeness (QED) is 0.252. The van der Waals surface area contributed by atoms with Crippen molar-refractivity contribution in [1.29, 1.82) is 0 Å². The lowest BCUT2D eigenvalue weighted by atomic mass is 10.1. The standard InChI is InChI=1S/C29H26N6O/c1-35(2)24-13-15-26-25(18-24)27(16-17-30-26)33-23-12-14-28(31-19-23)29(36)34-22-10-8-21(9-11-22)32-20-6-4-3-5-7-20/h3-19,32H,1-2H3,(H,30,33)(H,34,36). The number of fused-ring (bicyclic) bond motifs is 1. The summed E-state index contributed by atoms with van der Waals surface area (Å²) in [7, 11) is 4.02. The Morgan fingerprint density at radius 3 is 2.17 bits per heavy atom. The summed E-state index contributed by atoms with van der Waals surface area (Å²) in [6, 6.07) is 29.1.